The number of carbonyl (C=O) groups is 1. The highest BCUT2D eigenvalue weighted by atomic mass is 19.1. The molecule has 0 amide bonds. The molecule has 5 rings (SSSR count). The van der Waals surface area contributed by atoms with Crippen molar-refractivity contribution in [2.45, 2.75) is 62.9 Å². The molecule has 1 saturated carbocycles. The molecule has 36 heavy (non-hydrogen) atoms. The van der Waals surface area contributed by atoms with Gasteiger partial charge in [0.2, 0.25) is 5.95 Å². The van der Waals surface area contributed by atoms with E-state index < -0.39 is 5.97 Å². The second-order valence-electron chi connectivity index (χ2n) is 10.9. The first-order chi connectivity index (χ1) is 17.5. The standard InChI is InChI=1S/C28H38FN5O2/c29-23-7-3-6-20(15-23)25-19-34(26-8-2-1-5-21(26)16-27(35)36)18-22(25)17-33-13-9-24(10-14-33)32-28-30-11-4-12-31-28/h3-4,6-7,11-12,15,21-22,24-26H,1-2,5,8-10,13-14,16-19H2,(H,35,36)(H,30,31,32). The SMILES string of the molecule is O=C(O)CC1CCCCC1N1CC(CN2CCC(Nc3ncccn3)CC2)C(c2cccc(F)c2)C1. The van der Waals surface area contributed by atoms with E-state index in [4.69, 9.17) is 0 Å². The maximum Gasteiger partial charge on any atom is 0.303 e. The number of piperidine rings is 1. The molecule has 8 heteroatoms. The molecule has 2 saturated heterocycles. The number of nitrogens with one attached hydrogen (secondary N) is 1. The summed E-state index contributed by atoms with van der Waals surface area (Å²) in [6, 6.07) is 9.62. The summed E-state index contributed by atoms with van der Waals surface area (Å²) >= 11 is 0. The van der Waals surface area contributed by atoms with E-state index in [1.165, 1.54) is 6.07 Å². The monoisotopic (exact) mass is 495 g/mol. The van der Waals surface area contributed by atoms with Gasteiger partial charge in [0.25, 0.3) is 0 Å². The van der Waals surface area contributed by atoms with Crippen molar-refractivity contribution in [2.24, 2.45) is 11.8 Å². The van der Waals surface area contributed by atoms with Crippen LogP contribution in [0.15, 0.2) is 42.7 Å². The summed E-state index contributed by atoms with van der Waals surface area (Å²) in [6.07, 6.45) is 10.2. The molecule has 4 unspecified atom stereocenters. The minimum atomic E-state index is -0.693. The number of aliphatic carboxylic acids is 1. The van der Waals surface area contributed by atoms with Crippen LogP contribution in [0.1, 0.15) is 56.4 Å². The van der Waals surface area contributed by atoms with E-state index in [2.05, 4.69) is 31.2 Å². The molecule has 7 nitrogen and oxygen atoms in total. The Bertz CT molecular complexity index is 1000. The zero-order valence-corrected chi connectivity index (χ0v) is 20.9. The minimum Gasteiger partial charge on any atom is -0.481 e. The van der Waals surface area contributed by atoms with E-state index in [9.17, 15) is 14.3 Å². The van der Waals surface area contributed by atoms with Crippen molar-refractivity contribution in [3.05, 3.63) is 54.1 Å². The van der Waals surface area contributed by atoms with Gasteiger partial charge < -0.3 is 15.3 Å². The molecular formula is C28H38FN5O2. The van der Waals surface area contributed by atoms with E-state index in [0.717, 1.165) is 76.8 Å². The van der Waals surface area contributed by atoms with Crippen LogP contribution < -0.4 is 5.32 Å². The molecule has 1 aliphatic carbocycles. The Kier molecular flexibility index (Phi) is 8.12. The third-order valence-corrected chi connectivity index (χ3v) is 8.50. The summed E-state index contributed by atoms with van der Waals surface area (Å²) in [5.41, 5.74) is 1.07. The predicted molar refractivity (Wildman–Crippen MR) is 137 cm³/mol. The van der Waals surface area contributed by atoms with Crippen molar-refractivity contribution < 1.29 is 14.3 Å². The largest absolute Gasteiger partial charge is 0.481 e. The maximum absolute atomic E-state index is 14.2. The van der Waals surface area contributed by atoms with Crippen molar-refractivity contribution in [1.29, 1.82) is 0 Å². The van der Waals surface area contributed by atoms with Crippen LogP contribution in [0.3, 0.4) is 0 Å². The summed E-state index contributed by atoms with van der Waals surface area (Å²) in [7, 11) is 0. The molecule has 194 valence electrons. The fourth-order valence-electron chi connectivity index (χ4n) is 6.75. The summed E-state index contributed by atoms with van der Waals surface area (Å²) in [5, 5.41) is 12.9. The van der Waals surface area contributed by atoms with E-state index in [1.54, 1.807) is 18.5 Å². The van der Waals surface area contributed by atoms with Crippen molar-refractivity contribution in [2.75, 3.05) is 38.0 Å². The van der Waals surface area contributed by atoms with Gasteiger partial charge in [0.05, 0.1) is 0 Å². The van der Waals surface area contributed by atoms with Crippen LogP contribution in [0.4, 0.5) is 10.3 Å². The van der Waals surface area contributed by atoms with E-state index >= 15 is 0 Å². The first-order valence-electron chi connectivity index (χ1n) is 13.5. The number of hydrogen-bond donors (Lipinski definition) is 2. The molecular weight excluding hydrogens is 457 g/mol. The van der Waals surface area contributed by atoms with Crippen molar-refractivity contribution in [1.82, 2.24) is 19.8 Å². The molecule has 4 atom stereocenters. The van der Waals surface area contributed by atoms with E-state index in [1.807, 2.05) is 12.1 Å². The lowest BCUT2D eigenvalue weighted by Crippen LogP contribution is -2.44. The Morgan fingerprint density at radius 2 is 1.81 bits per heavy atom. The summed E-state index contributed by atoms with van der Waals surface area (Å²) in [6.45, 7) is 4.86. The van der Waals surface area contributed by atoms with Gasteiger partial charge in [-0.2, -0.15) is 0 Å². The second kappa shape index (κ2) is 11.6. The number of rotatable bonds is 8. The van der Waals surface area contributed by atoms with Crippen LogP contribution in [0.25, 0.3) is 0 Å². The fourth-order valence-corrected chi connectivity index (χ4v) is 6.75. The highest BCUT2D eigenvalue weighted by Gasteiger charge is 2.41. The number of nitrogens with zero attached hydrogens (tertiary/aromatic N) is 4. The van der Waals surface area contributed by atoms with Crippen molar-refractivity contribution in [3.63, 3.8) is 0 Å². The number of anilines is 1. The van der Waals surface area contributed by atoms with Crippen LogP contribution >= 0.6 is 0 Å². The summed E-state index contributed by atoms with van der Waals surface area (Å²) in [5.74, 6) is 0.702. The molecule has 2 N–H and O–H groups in total. The molecule has 1 aromatic heterocycles. The zero-order chi connectivity index (χ0) is 24.9. The Morgan fingerprint density at radius 1 is 1.03 bits per heavy atom. The van der Waals surface area contributed by atoms with Crippen molar-refractivity contribution in [3.8, 4) is 0 Å². The number of benzene rings is 1. The molecule has 2 aliphatic heterocycles. The maximum atomic E-state index is 14.2. The van der Waals surface area contributed by atoms with E-state index in [-0.39, 0.29) is 24.1 Å². The third kappa shape index (κ3) is 6.21. The van der Waals surface area contributed by atoms with Gasteiger partial charge in [0.15, 0.2) is 0 Å². The zero-order valence-electron chi connectivity index (χ0n) is 20.9. The number of aromatic nitrogens is 2. The van der Waals surface area contributed by atoms with Gasteiger partial charge in [-0.25, -0.2) is 14.4 Å². The lowest BCUT2D eigenvalue weighted by atomic mass is 9.81. The van der Waals surface area contributed by atoms with Crippen LogP contribution in [0, 0.1) is 17.7 Å². The highest BCUT2D eigenvalue weighted by Crippen LogP contribution is 2.40. The van der Waals surface area contributed by atoms with Crippen LogP contribution in [-0.2, 0) is 4.79 Å². The smallest absolute Gasteiger partial charge is 0.303 e. The van der Waals surface area contributed by atoms with Crippen LogP contribution in [0.2, 0.25) is 0 Å². The van der Waals surface area contributed by atoms with Gasteiger partial charge in [0.1, 0.15) is 5.82 Å². The summed E-state index contributed by atoms with van der Waals surface area (Å²) < 4.78 is 14.2. The number of hydrogen-bond acceptors (Lipinski definition) is 6. The first-order valence-corrected chi connectivity index (χ1v) is 13.5. The number of halogens is 1. The predicted octanol–water partition coefficient (Wildman–Crippen LogP) is 4.24. The third-order valence-electron chi connectivity index (χ3n) is 8.50. The van der Waals surface area contributed by atoms with Gasteiger partial charge in [0, 0.05) is 69.5 Å². The minimum absolute atomic E-state index is 0.180. The molecule has 3 heterocycles. The molecule has 0 radical (unpaired) electrons. The molecule has 3 fully saturated rings. The Balaban J connectivity index is 1.25. The van der Waals surface area contributed by atoms with Crippen molar-refractivity contribution >= 4 is 11.9 Å². The molecule has 1 aromatic carbocycles. The molecule has 0 bridgehead atoms. The average molecular weight is 496 g/mol. The molecule has 2 aromatic rings. The van der Waals surface area contributed by atoms with Gasteiger partial charge in [-0.15, -0.1) is 0 Å². The van der Waals surface area contributed by atoms with Gasteiger partial charge in [-0.05, 0) is 61.3 Å². The van der Waals surface area contributed by atoms with Gasteiger partial charge in [-0.1, -0.05) is 25.0 Å². The lowest BCUT2D eigenvalue weighted by molar-refractivity contribution is -0.139. The Hall–Kier alpha value is -2.58. The Labute approximate surface area is 213 Å². The quantitative estimate of drug-likeness (QED) is 0.567. The van der Waals surface area contributed by atoms with E-state index in [0.29, 0.717) is 23.9 Å². The lowest BCUT2D eigenvalue weighted by Gasteiger charge is -2.38. The Morgan fingerprint density at radius 3 is 2.56 bits per heavy atom. The highest BCUT2D eigenvalue weighted by molar-refractivity contribution is 5.67. The normalized spacial score (nSPS) is 28.2. The topological polar surface area (TPSA) is 81.6 Å². The number of carboxylic acids is 1. The van der Waals surface area contributed by atoms with Crippen LogP contribution in [-0.4, -0.2) is 75.7 Å². The number of carboxylic acid groups (broad SMARTS) is 1. The molecule has 3 aliphatic rings. The summed E-state index contributed by atoms with van der Waals surface area (Å²) in [4.78, 5) is 25.2. The molecule has 0 spiro atoms. The van der Waals surface area contributed by atoms with Gasteiger partial charge in [-0.3, -0.25) is 9.69 Å². The van der Waals surface area contributed by atoms with Gasteiger partial charge >= 0.3 is 5.97 Å². The second-order valence-corrected chi connectivity index (χ2v) is 10.9. The number of likely N-dealkylation sites (tertiary alicyclic amines) is 2. The van der Waals surface area contributed by atoms with Crippen LogP contribution in [0.5, 0.6) is 0 Å². The fraction of sp³-hybridized carbons (Fsp3) is 0.607. The average Bonchev–Trinajstić information content (AvgIpc) is 3.29. The first kappa shape index (κ1) is 25.1.